The molecule has 1 N–H and O–H groups in total. The number of nitrogens with one attached hydrogen (secondary N) is 1. The number of benzene rings is 1. The highest BCUT2D eigenvalue weighted by Crippen LogP contribution is 2.29. The molecule has 0 radical (unpaired) electrons. The van der Waals surface area contributed by atoms with E-state index < -0.39 is 10.8 Å². The highest BCUT2D eigenvalue weighted by atomic mass is 35.5. The van der Waals surface area contributed by atoms with Crippen molar-refractivity contribution in [2.45, 2.75) is 75.4 Å². The Morgan fingerprint density at radius 1 is 1.33 bits per heavy atom. The normalized spacial score (nSPS) is 16.9. The highest BCUT2D eigenvalue weighted by molar-refractivity contribution is 8.00. The van der Waals surface area contributed by atoms with Gasteiger partial charge in [0.1, 0.15) is 5.54 Å². The number of hydrogen-bond donors (Lipinski definition) is 1. The van der Waals surface area contributed by atoms with Gasteiger partial charge in [-0.05, 0) is 43.9 Å². The Balaban J connectivity index is 1.89. The third-order valence-corrected chi connectivity index (χ3v) is 6.69. The van der Waals surface area contributed by atoms with E-state index in [0.29, 0.717) is 40.5 Å². The number of aromatic nitrogens is 2. The van der Waals surface area contributed by atoms with Gasteiger partial charge in [0.05, 0.1) is 22.2 Å². The number of hydrogen-bond acceptors (Lipinski definition) is 5. The van der Waals surface area contributed by atoms with E-state index in [0.717, 1.165) is 19.3 Å². The van der Waals surface area contributed by atoms with E-state index in [1.54, 1.807) is 29.7 Å². The molecule has 1 saturated carbocycles. The maximum absolute atomic E-state index is 13.1. The van der Waals surface area contributed by atoms with Crippen LogP contribution in [0.1, 0.15) is 52.9 Å². The molecule has 1 aliphatic carbocycles. The Morgan fingerprint density at radius 3 is 2.67 bits per heavy atom. The summed E-state index contributed by atoms with van der Waals surface area (Å²) in [5.41, 5.74) is -0.387. The highest BCUT2D eigenvalue weighted by Gasteiger charge is 2.35. The van der Waals surface area contributed by atoms with Gasteiger partial charge >= 0.3 is 0 Å². The van der Waals surface area contributed by atoms with E-state index in [1.807, 2.05) is 13.8 Å². The predicted octanol–water partition coefficient (Wildman–Crippen LogP) is 4.53. The van der Waals surface area contributed by atoms with Crippen molar-refractivity contribution in [3.05, 3.63) is 33.6 Å². The standard InChI is InChI=1S/C22H27ClN4O2S/c1-14(2)12-27-20(29)17-11-16(23)7-8-18(17)25-21(27)30-15(3)19(28)26-22(13-24)9-5-4-6-10-22/h7-8,11,14-15H,4-6,9-10,12H2,1-3H3,(H,26,28). The van der Waals surface area contributed by atoms with E-state index in [1.165, 1.54) is 11.8 Å². The molecule has 8 heteroatoms. The maximum atomic E-state index is 13.1. The summed E-state index contributed by atoms with van der Waals surface area (Å²) in [4.78, 5) is 30.7. The second-order valence-corrected chi connectivity index (χ2v) is 10.1. The van der Waals surface area contributed by atoms with Gasteiger partial charge in [-0.1, -0.05) is 56.5 Å². The molecule has 1 fully saturated rings. The molecule has 1 amide bonds. The Labute approximate surface area is 186 Å². The van der Waals surface area contributed by atoms with Crippen LogP contribution in [0.4, 0.5) is 0 Å². The number of carbonyl (C=O) groups is 1. The first-order valence-corrected chi connectivity index (χ1v) is 11.6. The minimum absolute atomic E-state index is 0.160. The lowest BCUT2D eigenvalue weighted by atomic mass is 9.83. The summed E-state index contributed by atoms with van der Waals surface area (Å²) < 4.78 is 1.62. The molecule has 1 aromatic heterocycles. The molecule has 3 rings (SSSR count). The lowest BCUT2D eigenvalue weighted by molar-refractivity contribution is -0.121. The van der Waals surface area contributed by atoms with Crippen molar-refractivity contribution in [3.8, 4) is 6.07 Å². The molecule has 6 nitrogen and oxygen atoms in total. The van der Waals surface area contributed by atoms with Crippen molar-refractivity contribution in [2.24, 2.45) is 5.92 Å². The molecule has 1 atom stereocenters. The van der Waals surface area contributed by atoms with Crippen LogP contribution in [0.5, 0.6) is 0 Å². The zero-order chi connectivity index (χ0) is 21.9. The van der Waals surface area contributed by atoms with E-state index in [2.05, 4.69) is 16.4 Å². The van der Waals surface area contributed by atoms with Crippen LogP contribution in [0.3, 0.4) is 0 Å². The number of rotatable bonds is 6. The van der Waals surface area contributed by atoms with Crippen LogP contribution < -0.4 is 10.9 Å². The SMILES string of the molecule is CC(C)Cn1c(SC(C)C(=O)NC2(C#N)CCCCC2)nc2ccc(Cl)cc2c1=O. The van der Waals surface area contributed by atoms with E-state index in [9.17, 15) is 14.9 Å². The molecule has 0 bridgehead atoms. The first-order chi connectivity index (χ1) is 14.2. The summed E-state index contributed by atoms with van der Waals surface area (Å²) in [6.45, 7) is 6.33. The summed E-state index contributed by atoms with van der Waals surface area (Å²) in [7, 11) is 0. The molecule has 1 aromatic carbocycles. The number of thioether (sulfide) groups is 1. The zero-order valence-electron chi connectivity index (χ0n) is 17.6. The third-order valence-electron chi connectivity index (χ3n) is 5.36. The number of amides is 1. The van der Waals surface area contributed by atoms with E-state index >= 15 is 0 Å². The molecule has 1 unspecified atom stereocenters. The van der Waals surface area contributed by atoms with Gasteiger partial charge in [-0.3, -0.25) is 14.2 Å². The molecule has 30 heavy (non-hydrogen) atoms. The van der Waals surface area contributed by atoms with Crippen LogP contribution in [-0.2, 0) is 11.3 Å². The van der Waals surface area contributed by atoms with Crippen LogP contribution in [0.15, 0.2) is 28.2 Å². The van der Waals surface area contributed by atoms with Crippen molar-refractivity contribution in [3.63, 3.8) is 0 Å². The van der Waals surface area contributed by atoms with Gasteiger partial charge < -0.3 is 5.32 Å². The molecular weight excluding hydrogens is 420 g/mol. The molecule has 1 heterocycles. The van der Waals surface area contributed by atoms with Gasteiger partial charge in [-0.25, -0.2) is 4.98 Å². The third kappa shape index (κ3) is 4.98. The van der Waals surface area contributed by atoms with Crippen LogP contribution in [0, 0.1) is 17.2 Å². The molecular formula is C22H27ClN4O2S. The van der Waals surface area contributed by atoms with Crippen LogP contribution in [-0.4, -0.2) is 26.2 Å². The summed E-state index contributed by atoms with van der Waals surface area (Å²) >= 11 is 7.32. The number of carbonyl (C=O) groups excluding carboxylic acids is 1. The summed E-state index contributed by atoms with van der Waals surface area (Å²) in [6.07, 6.45) is 4.34. The molecule has 160 valence electrons. The average Bonchev–Trinajstić information content (AvgIpc) is 2.71. The molecule has 1 aliphatic rings. The van der Waals surface area contributed by atoms with E-state index in [4.69, 9.17) is 11.6 Å². The largest absolute Gasteiger partial charge is 0.337 e. The Kier molecular flexibility index (Phi) is 7.10. The number of nitrogens with zero attached hydrogens (tertiary/aromatic N) is 3. The fourth-order valence-electron chi connectivity index (χ4n) is 3.76. The van der Waals surface area contributed by atoms with Gasteiger partial charge in [0.15, 0.2) is 5.16 Å². The van der Waals surface area contributed by atoms with Crippen LogP contribution in [0.25, 0.3) is 10.9 Å². The second kappa shape index (κ2) is 9.40. The number of nitriles is 1. The average molecular weight is 447 g/mol. The number of fused-ring (bicyclic) bond motifs is 1. The quantitative estimate of drug-likeness (QED) is 0.520. The van der Waals surface area contributed by atoms with Crippen LogP contribution >= 0.6 is 23.4 Å². The Bertz CT molecular complexity index is 1040. The molecule has 0 aliphatic heterocycles. The maximum Gasteiger partial charge on any atom is 0.262 e. The predicted molar refractivity (Wildman–Crippen MR) is 121 cm³/mol. The van der Waals surface area contributed by atoms with Gasteiger partial charge in [0.2, 0.25) is 5.91 Å². The summed E-state index contributed by atoms with van der Waals surface area (Å²) in [5.74, 6) is 0.0266. The lowest BCUT2D eigenvalue weighted by Gasteiger charge is -2.32. The topological polar surface area (TPSA) is 87.8 Å². The minimum atomic E-state index is -0.782. The first kappa shape index (κ1) is 22.6. The molecule has 2 aromatic rings. The molecule has 0 spiro atoms. The fourth-order valence-corrected chi connectivity index (χ4v) is 4.85. The van der Waals surface area contributed by atoms with Crippen molar-refractivity contribution >= 4 is 40.2 Å². The fraction of sp³-hybridized carbons (Fsp3) is 0.545. The van der Waals surface area contributed by atoms with Gasteiger partial charge in [0, 0.05) is 11.6 Å². The van der Waals surface area contributed by atoms with Crippen molar-refractivity contribution < 1.29 is 4.79 Å². The smallest absolute Gasteiger partial charge is 0.262 e. The zero-order valence-corrected chi connectivity index (χ0v) is 19.1. The van der Waals surface area contributed by atoms with Crippen molar-refractivity contribution in [2.75, 3.05) is 0 Å². The summed E-state index contributed by atoms with van der Waals surface area (Å²) in [5, 5.41) is 13.6. The minimum Gasteiger partial charge on any atom is -0.337 e. The van der Waals surface area contributed by atoms with Crippen molar-refractivity contribution in [1.29, 1.82) is 5.26 Å². The second-order valence-electron chi connectivity index (χ2n) is 8.37. The lowest BCUT2D eigenvalue weighted by Crippen LogP contribution is -2.51. The van der Waals surface area contributed by atoms with Gasteiger partial charge in [0.25, 0.3) is 5.56 Å². The van der Waals surface area contributed by atoms with Crippen LogP contribution in [0.2, 0.25) is 5.02 Å². The summed E-state index contributed by atoms with van der Waals surface area (Å²) in [6, 6.07) is 7.38. The van der Waals surface area contributed by atoms with Gasteiger partial charge in [-0.15, -0.1) is 0 Å². The Hall–Kier alpha value is -2.04. The number of halogens is 1. The monoisotopic (exact) mass is 446 g/mol. The Morgan fingerprint density at radius 2 is 2.03 bits per heavy atom. The first-order valence-electron chi connectivity index (χ1n) is 10.3. The van der Waals surface area contributed by atoms with E-state index in [-0.39, 0.29) is 17.4 Å². The molecule has 0 saturated heterocycles. The van der Waals surface area contributed by atoms with Gasteiger partial charge in [-0.2, -0.15) is 5.26 Å². The van der Waals surface area contributed by atoms with Crippen molar-refractivity contribution in [1.82, 2.24) is 14.9 Å².